The van der Waals surface area contributed by atoms with Crippen molar-refractivity contribution in [2.24, 2.45) is 5.92 Å². The van der Waals surface area contributed by atoms with E-state index in [-0.39, 0.29) is 5.92 Å². The molecule has 84 valence electrons. The number of thioether (sulfide) groups is 1. The molecule has 0 radical (unpaired) electrons. The second-order valence-corrected chi connectivity index (χ2v) is 5.18. The Morgan fingerprint density at radius 1 is 1.56 bits per heavy atom. The monoisotopic (exact) mass is 232 g/mol. The summed E-state index contributed by atoms with van der Waals surface area (Å²) in [5.41, 5.74) is 2.50. The zero-order valence-corrected chi connectivity index (χ0v) is 10.3. The van der Waals surface area contributed by atoms with Crippen molar-refractivity contribution >= 4 is 17.4 Å². The van der Waals surface area contributed by atoms with Crippen LogP contribution in [-0.2, 0) is 6.42 Å². The second-order valence-electron chi connectivity index (χ2n) is 4.04. The topological polar surface area (TPSA) is 35.8 Å². The van der Waals surface area contributed by atoms with Gasteiger partial charge in [-0.15, -0.1) is 11.8 Å². The lowest BCUT2D eigenvalue weighted by Crippen LogP contribution is -2.10. The van der Waals surface area contributed by atoms with Crippen LogP contribution in [0.4, 0.5) is 5.69 Å². The van der Waals surface area contributed by atoms with Gasteiger partial charge in [-0.3, -0.25) is 0 Å². The molecule has 0 saturated carbocycles. The number of hydrogen-bond donors (Lipinski definition) is 1. The molecule has 1 aliphatic heterocycles. The minimum Gasteiger partial charge on any atom is -0.383 e. The van der Waals surface area contributed by atoms with Crippen LogP contribution in [0.5, 0.6) is 0 Å². The van der Waals surface area contributed by atoms with Crippen molar-refractivity contribution in [1.82, 2.24) is 0 Å². The highest BCUT2D eigenvalue weighted by molar-refractivity contribution is 7.99. The van der Waals surface area contributed by atoms with E-state index in [0.29, 0.717) is 0 Å². The Labute approximate surface area is 101 Å². The van der Waals surface area contributed by atoms with Gasteiger partial charge in [0.05, 0.1) is 12.0 Å². The number of benzene rings is 1. The van der Waals surface area contributed by atoms with Crippen LogP contribution in [0.15, 0.2) is 23.1 Å². The summed E-state index contributed by atoms with van der Waals surface area (Å²) in [5, 5.41) is 12.4. The maximum Gasteiger partial charge on any atom is 0.0659 e. The Kier molecular flexibility index (Phi) is 3.74. The van der Waals surface area contributed by atoms with Gasteiger partial charge in [0.1, 0.15) is 0 Å². The van der Waals surface area contributed by atoms with Gasteiger partial charge in [-0.25, -0.2) is 0 Å². The Morgan fingerprint density at radius 2 is 2.44 bits per heavy atom. The Morgan fingerprint density at radius 3 is 3.19 bits per heavy atom. The highest BCUT2D eigenvalue weighted by atomic mass is 32.2. The van der Waals surface area contributed by atoms with Gasteiger partial charge in [-0.05, 0) is 30.5 Å². The molecule has 3 heteroatoms. The third-order valence-corrected chi connectivity index (χ3v) is 3.95. The van der Waals surface area contributed by atoms with Gasteiger partial charge in [-0.1, -0.05) is 13.0 Å². The first-order valence-electron chi connectivity index (χ1n) is 5.72. The van der Waals surface area contributed by atoms with E-state index in [1.54, 1.807) is 0 Å². The zero-order valence-electron chi connectivity index (χ0n) is 9.49. The molecular formula is C13H16N2S. The fourth-order valence-electron chi connectivity index (χ4n) is 1.88. The molecule has 2 rings (SSSR count). The molecule has 1 heterocycles. The molecule has 16 heavy (non-hydrogen) atoms. The standard InChI is InChI=1S/C13H16N2S/c1-2-10(9-14)7-11-3-4-13-12(8-11)15-5-6-16-13/h3-4,8,10,15H,2,5-7H2,1H3. The van der Waals surface area contributed by atoms with Crippen molar-refractivity contribution < 1.29 is 0 Å². The number of nitriles is 1. The van der Waals surface area contributed by atoms with Crippen LogP contribution < -0.4 is 5.32 Å². The highest BCUT2D eigenvalue weighted by Gasteiger charge is 2.11. The lowest BCUT2D eigenvalue weighted by molar-refractivity contribution is 0.638. The van der Waals surface area contributed by atoms with Crippen LogP contribution in [-0.4, -0.2) is 12.3 Å². The molecule has 0 bridgehead atoms. The first-order chi connectivity index (χ1) is 7.83. The fraction of sp³-hybridized carbons (Fsp3) is 0.462. The number of nitrogens with one attached hydrogen (secondary N) is 1. The van der Waals surface area contributed by atoms with Gasteiger partial charge >= 0.3 is 0 Å². The molecule has 0 amide bonds. The summed E-state index contributed by atoms with van der Waals surface area (Å²) in [5.74, 6) is 1.29. The van der Waals surface area contributed by atoms with E-state index in [2.05, 4.69) is 36.5 Å². The smallest absolute Gasteiger partial charge is 0.0659 e. The lowest BCUT2D eigenvalue weighted by atomic mass is 9.98. The largest absolute Gasteiger partial charge is 0.383 e. The molecule has 0 spiro atoms. The van der Waals surface area contributed by atoms with Crippen LogP contribution in [0.1, 0.15) is 18.9 Å². The van der Waals surface area contributed by atoms with E-state index in [0.717, 1.165) is 25.1 Å². The highest BCUT2D eigenvalue weighted by Crippen LogP contribution is 2.32. The molecule has 0 aromatic heterocycles. The maximum absolute atomic E-state index is 8.96. The van der Waals surface area contributed by atoms with Gasteiger partial charge in [0, 0.05) is 22.9 Å². The minimum absolute atomic E-state index is 0.147. The molecule has 0 saturated heterocycles. The third-order valence-electron chi connectivity index (χ3n) is 2.88. The molecule has 1 atom stereocenters. The molecule has 1 aromatic rings. The van der Waals surface area contributed by atoms with Crippen LogP contribution >= 0.6 is 11.8 Å². The number of fused-ring (bicyclic) bond motifs is 1. The number of nitrogens with zero attached hydrogens (tertiary/aromatic N) is 1. The fourth-order valence-corrected chi connectivity index (χ4v) is 2.76. The second kappa shape index (κ2) is 5.27. The molecule has 2 nitrogen and oxygen atoms in total. The van der Waals surface area contributed by atoms with Crippen LogP contribution in [0.25, 0.3) is 0 Å². The average molecular weight is 232 g/mol. The van der Waals surface area contributed by atoms with Gasteiger partial charge < -0.3 is 5.32 Å². The minimum atomic E-state index is 0.147. The summed E-state index contributed by atoms with van der Waals surface area (Å²) in [6.45, 7) is 3.11. The van der Waals surface area contributed by atoms with E-state index >= 15 is 0 Å². The van der Waals surface area contributed by atoms with Crippen molar-refractivity contribution in [3.63, 3.8) is 0 Å². The Hall–Kier alpha value is -1.14. The van der Waals surface area contributed by atoms with Crippen LogP contribution in [0, 0.1) is 17.2 Å². The van der Waals surface area contributed by atoms with Crippen LogP contribution in [0.2, 0.25) is 0 Å². The summed E-state index contributed by atoms with van der Waals surface area (Å²) in [6, 6.07) is 8.87. The molecule has 1 aliphatic rings. The molecular weight excluding hydrogens is 216 g/mol. The van der Waals surface area contributed by atoms with Crippen LogP contribution in [0.3, 0.4) is 0 Å². The SMILES string of the molecule is CCC(C#N)Cc1ccc2c(c1)NCCS2. The third kappa shape index (κ3) is 2.51. The lowest BCUT2D eigenvalue weighted by Gasteiger charge is -2.18. The van der Waals surface area contributed by atoms with Crippen molar-refractivity contribution in [2.75, 3.05) is 17.6 Å². The summed E-state index contributed by atoms with van der Waals surface area (Å²) >= 11 is 1.90. The van der Waals surface area contributed by atoms with E-state index < -0.39 is 0 Å². The maximum atomic E-state index is 8.96. The zero-order chi connectivity index (χ0) is 11.4. The first kappa shape index (κ1) is 11.3. The van der Waals surface area contributed by atoms with Gasteiger partial charge in [0.15, 0.2) is 0 Å². The molecule has 0 fully saturated rings. The Bertz CT molecular complexity index is 409. The first-order valence-corrected chi connectivity index (χ1v) is 6.71. The normalized spacial score (nSPS) is 15.8. The Balaban J connectivity index is 2.14. The molecule has 1 N–H and O–H groups in total. The van der Waals surface area contributed by atoms with Gasteiger partial charge in [0.25, 0.3) is 0 Å². The molecule has 0 aliphatic carbocycles. The summed E-state index contributed by atoms with van der Waals surface area (Å²) in [6.07, 6.45) is 1.79. The van der Waals surface area contributed by atoms with Crippen molar-refractivity contribution in [3.8, 4) is 6.07 Å². The summed E-state index contributed by atoms with van der Waals surface area (Å²) in [4.78, 5) is 1.33. The predicted octanol–water partition coefficient (Wildman–Crippen LogP) is 3.30. The van der Waals surface area contributed by atoms with E-state index in [9.17, 15) is 0 Å². The van der Waals surface area contributed by atoms with Crippen molar-refractivity contribution in [1.29, 1.82) is 5.26 Å². The summed E-state index contributed by atoms with van der Waals surface area (Å²) in [7, 11) is 0. The van der Waals surface area contributed by atoms with Gasteiger partial charge in [-0.2, -0.15) is 5.26 Å². The van der Waals surface area contributed by atoms with E-state index in [4.69, 9.17) is 5.26 Å². The van der Waals surface area contributed by atoms with E-state index in [1.165, 1.54) is 16.1 Å². The number of rotatable bonds is 3. The molecule has 1 aromatic carbocycles. The number of hydrogen-bond acceptors (Lipinski definition) is 3. The predicted molar refractivity (Wildman–Crippen MR) is 68.8 cm³/mol. The van der Waals surface area contributed by atoms with Crippen molar-refractivity contribution in [2.45, 2.75) is 24.7 Å². The quantitative estimate of drug-likeness (QED) is 0.868. The van der Waals surface area contributed by atoms with E-state index in [1.807, 2.05) is 11.8 Å². The van der Waals surface area contributed by atoms with Gasteiger partial charge in [0.2, 0.25) is 0 Å². The molecule has 1 unspecified atom stereocenters. The average Bonchev–Trinajstić information content (AvgIpc) is 2.35. The number of anilines is 1. The summed E-state index contributed by atoms with van der Waals surface area (Å²) < 4.78 is 0. The van der Waals surface area contributed by atoms with Crippen molar-refractivity contribution in [3.05, 3.63) is 23.8 Å².